The van der Waals surface area contributed by atoms with Crippen molar-refractivity contribution in [2.24, 2.45) is 0 Å². The van der Waals surface area contributed by atoms with E-state index in [9.17, 15) is 9.59 Å². The summed E-state index contributed by atoms with van der Waals surface area (Å²) in [5.74, 6) is 1.02. The van der Waals surface area contributed by atoms with E-state index in [1.54, 1.807) is 16.3 Å². The molecule has 0 fully saturated rings. The third-order valence-corrected chi connectivity index (χ3v) is 7.31. The molecule has 0 aliphatic heterocycles. The van der Waals surface area contributed by atoms with Crippen molar-refractivity contribution in [3.05, 3.63) is 83.6 Å². The Hall–Kier alpha value is -4.09. The highest BCUT2D eigenvalue weighted by molar-refractivity contribution is 7.99. The Morgan fingerprint density at radius 2 is 1.33 bits per heavy atom. The van der Waals surface area contributed by atoms with Crippen LogP contribution < -0.4 is 4.74 Å². The highest BCUT2D eigenvalue weighted by atomic mass is 32.2. The molecule has 1 N–H and O–H groups in total. The number of fused-ring (bicyclic) bond motifs is 2. The van der Waals surface area contributed by atoms with Gasteiger partial charge < -0.3 is 28.3 Å². The number of nitrogens with zero attached hydrogens (tertiary/aromatic N) is 3. The van der Waals surface area contributed by atoms with Gasteiger partial charge in [0.25, 0.3) is 0 Å². The van der Waals surface area contributed by atoms with Gasteiger partial charge >= 0.3 is 11.9 Å². The Bertz CT molecular complexity index is 1800. The predicted molar refractivity (Wildman–Crippen MR) is 181 cm³/mol. The summed E-state index contributed by atoms with van der Waals surface area (Å²) in [6, 6.07) is 25.2. The number of aromatic amines is 1. The van der Waals surface area contributed by atoms with Crippen LogP contribution in [0.15, 0.2) is 84.0 Å². The van der Waals surface area contributed by atoms with E-state index in [0.717, 1.165) is 38.7 Å². The normalized spacial score (nSPS) is 11.6. The summed E-state index contributed by atoms with van der Waals surface area (Å²) in [5, 5.41) is 0.790. The van der Waals surface area contributed by atoms with Crippen LogP contribution in [0.1, 0.15) is 41.5 Å². The molecule has 0 aliphatic rings. The van der Waals surface area contributed by atoms with Gasteiger partial charge in [-0.1, -0.05) is 54.2 Å². The van der Waals surface area contributed by atoms with Gasteiger partial charge in [-0.2, -0.15) is 0 Å². The zero-order chi connectivity index (χ0) is 32.6. The van der Waals surface area contributed by atoms with Crippen molar-refractivity contribution < 1.29 is 23.8 Å². The Balaban J connectivity index is 0.000000222. The number of H-pyrrole nitrogens is 1. The van der Waals surface area contributed by atoms with E-state index in [0.29, 0.717) is 11.4 Å². The number of hydrogen-bond donors (Lipinski definition) is 1. The summed E-state index contributed by atoms with van der Waals surface area (Å²) in [6.07, 6.45) is 0. The molecule has 3 aromatic carbocycles. The van der Waals surface area contributed by atoms with Gasteiger partial charge in [0, 0.05) is 5.75 Å². The number of hydrogen-bond acceptors (Lipinski definition) is 8. The number of ether oxygens (including phenoxy) is 3. The molecule has 2 aromatic heterocycles. The lowest BCUT2D eigenvalue weighted by atomic mass is 10.2. The number of benzene rings is 3. The number of carbonyl (C=O) groups excluding carboxylic acids is 2. The van der Waals surface area contributed by atoms with E-state index in [-0.39, 0.29) is 25.0 Å². The molecule has 0 bridgehead atoms. The zero-order valence-corrected chi connectivity index (χ0v) is 28.2. The quantitative estimate of drug-likeness (QED) is 0.0756. The molecular formula is C34H40N4O5S2. The van der Waals surface area contributed by atoms with Crippen LogP contribution in [-0.2, 0) is 32.2 Å². The smallest absolute Gasteiger partial charge is 0.326 e. The molecule has 11 heteroatoms. The maximum absolute atomic E-state index is 12.3. The van der Waals surface area contributed by atoms with Gasteiger partial charge in [0.1, 0.15) is 30.0 Å². The maximum atomic E-state index is 12.3. The fourth-order valence-corrected chi connectivity index (χ4v) is 5.50. The lowest BCUT2D eigenvalue weighted by Crippen LogP contribution is -2.26. The predicted octanol–water partition coefficient (Wildman–Crippen LogP) is 7.59. The Labute approximate surface area is 272 Å². The number of aromatic nitrogens is 4. The Morgan fingerprint density at radius 1 is 0.778 bits per heavy atom. The second kappa shape index (κ2) is 14.8. The van der Waals surface area contributed by atoms with Crippen molar-refractivity contribution in [1.82, 2.24) is 19.1 Å². The highest BCUT2D eigenvalue weighted by Crippen LogP contribution is 2.25. The first-order valence-electron chi connectivity index (χ1n) is 14.7. The summed E-state index contributed by atoms with van der Waals surface area (Å²) in [5.41, 5.74) is 2.64. The van der Waals surface area contributed by atoms with Crippen LogP contribution in [0.3, 0.4) is 0 Å². The molecule has 0 atom stereocenters. The fraction of sp³-hybridized carbons (Fsp3) is 0.353. The van der Waals surface area contributed by atoms with Gasteiger partial charge in [-0.05, 0) is 90.2 Å². The Morgan fingerprint density at radius 3 is 1.98 bits per heavy atom. The van der Waals surface area contributed by atoms with Gasteiger partial charge in [-0.3, -0.25) is 9.59 Å². The molecule has 238 valence electrons. The average molecular weight is 649 g/mol. The van der Waals surface area contributed by atoms with Crippen LogP contribution >= 0.6 is 24.0 Å². The molecule has 0 radical (unpaired) electrons. The SMILES string of the molecule is CC(C)(C)OC(=O)Cn1c(=S)[nH]c2ccccc21.CC(C)(C)OC(=O)Cn1c(SCCOc2ccccc2)nc2ccccc21. The van der Waals surface area contributed by atoms with Crippen LogP contribution in [0, 0.1) is 4.77 Å². The topological polar surface area (TPSA) is 100 Å². The number of para-hydroxylation sites is 5. The first-order valence-corrected chi connectivity index (χ1v) is 16.1. The number of rotatable bonds is 9. The number of imidazole rings is 2. The molecule has 0 aliphatic carbocycles. The van der Waals surface area contributed by atoms with Gasteiger partial charge in [-0.25, -0.2) is 4.98 Å². The molecule has 0 amide bonds. The van der Waals surface area contributed by atoms with Crippen molar-refractivity contribution in [2.75, 3.05) is 12.4 Å². The van der Waals surface area contributed by atoms with E-state index < -0.39 is 11.2 Å². The fourth-order valence-electron chi connectivity index (χ4n) is 4.40. The van der Waals surface area contributed by atoms with Gasteiger partial charge in [0.15, 0.2) is 9.93 Å². The highest BCUT2D eigenvalue weighted by Gasteiger charge is 2.20. The van der Waals surface area contributed by atoms with Crippen LogP contribution in [0.2, 0.25) is 0 Å². The number of nitrogens with one attached hydrogen (secondary N) is 1. The number of esters is 2. The van der Waals surface area contributed by atoms with Crippen molar-refractivity contribution >= 4 is 58.0 Å². The van der Waals surface area contributed by atoms with Crippen molar-refractivity contribution in [3.63, 3.8) is 0 Å². The molecular weight excluding hydrogens is 609 g/mol. The maximum Gasteiger partial charge on any atom is 0.326 e. The summed E-state index contributed by atoms with van der Waals surface area (Å²) in [4.78, 5) is 31.9. The Kier molecular flexibility index (Phi) is 11.1. The van der Waals surface area contributed by atoms with E-state index in [1.165, 1.54) is 0 Å². The first-order chi connectivity index (χ1) is 21.3. The first kappa shape index (κ1) is 33.8. The van der Waals surface area contributed by atoms with E-state index >= 15 is 0 Å². The van der Waals surface area contributed by atoms with E-state index in [1.807, 2.05) is 125 Å². The molecule has 0 spiro atoms. The number of carbonyl (C=O) groups is 2. The van der Waals surface area contributed by atoms with Gasteiger partial charge in [-0.15, -0.1) is 0 Å². The minimum absolute atomic E-state index is 0.125. The van der Waals surface area contributed by atoms with Gasteiger partial charge in [0.2, 0.25) is 0 Å². The monoisotopic (exact) mass is 648 g/mol. The molecule has 5 aromatic rings. The third kappa shape index (κ3) is 10.2. The molecule has 45 heavy (non-hydrogen) atoms. The molecule has 5 rings (SSSR count). The minimum Gasteiger partial charge on any atom is -0.493 e. The zero-order valence-electron chi connectivity index (χ0n) is 26.5. The molecule has 0 unspecified atom stereocenters. The van der Waals surface area contributed by atoms with Crippen molar-refractivity contribution in [2.45, 2.75) is 71.0 Å². The van der Waals surface area contributed by atoms with Crippen molar-refractivity contribution in [1.29, 1.82) is 0 Å². The van der Waals surface area contributed by atoms with Crippen LogP contribution in [0.5, 0.6) is 5.75 Å². The second-order valence-corrected chi connectivity index (χ2v) is 13.6. The van der Waals surface area contributed by atoms with Crippen LogP contribution in [-0.4, -0.2) is 54.6 Å². The molecule has 9 nitrogen and oxygen atoms in total. The average Bonchev–Trinajstić information content (AvgIpc) is 3.46. The minimum atomic E-state index is -0.510. The number of thioether (sulfide) groups is 1. The molecule has 2 heterocycles. The summed E-state index contributed by atoms with van der Waals surface area (Å²) in [7, 11) is 0. The van der Waals surface area contributed by atoms with Crippen LogP contribution in [0.25, 0.3) is 22.1 Å². The van der Waals surface area contributed by atoms with E-state index in [2.05, 4.69) is 9.97 Å². The summed E-state index contributed by atoms with van der Waals surface area (Å²) in [6.45, 7) is 12.0. The second-order valence-electron chi connectivity index (χ2n) is 12.2. The largest absolute Gasteiger partial charge is 0.493 e. The lowest BCUT2D eigenvalue weighted by Gasteiger charge is -2.20. The molecule has 0 saturated heterocycles. The summed E-state index contributed by atoms with van der Waals surface area (Å²) >= 11 is 6.78. The molecule has 0 saturated carbocycles. The van der Waals surface area contributed by atoms with Crippen molar-refractivity contribution in [3.8, 4) is 5.75 Å². The third-order valence-electron chi connectivity index (χ3n) is 6.04. The van der Waals surface area contributed by atoms with Gasteiger partial charge in [0.05, 0.1) is 28.7 Å². The van der Waals surface area contributed by atoms with Crippen LogP contribution in [0.4, 0.5) is 0 Å². The lowest BCUT2D eigenvalue weighted by molar-refractivity contribution is -0.156. The standard InChI is InChI=1S/C21H24N2O3S.C13H16N2O2S/c1-21(2,3)26-19(24)15-23-18-12-8-7-11-17(18)22-20(23)27-14-13-25-16-9-5-4-6-10-16;1-13(2,3)17-11(16)8-15-10-7-5-4-6-9(10)14-12(15)18/h4-12H,13-15H2,1-3H3;4-7H,8H2,1-3H3,(H,14,18). The summed E-state index contributed by atoms with van der Waals surface area (Å²) < 4.78 is 20.7. The van der Waals surface area contributed by atoms with E-state index in [4.69, 9.17) is 26.4 Å².